The van der Waals surface area contributed by atoms with Crippen LogP contribution in [-0.2, 0) is 18.6 Å². The van der Waals surface area contributed by atoms with Gasteiger partial charge in [0.05, 0.1) is 24.1 Å². The van der Waals surface area contributed by atoms with Crippen LogP contribution >= 0.6 is 0 Å². The molecule has 2 fully saturated rings. The van der Waals surface area contributed by atoms with Gasteiger partial charge in [-0.3, -0.25) is 0 Å². The Morgan fingerprint density at radius 2 is 1.80 bits per heavy atom. The third-order valence-electron chi connectivity index (χ3n) is 6.29. The Balaban J connectivity index is 1.62. The topological polar surface area (TPSA) is 36.9 Å². The SMILES string of the molecule is CC(C)(C)[Si](C)(C)O[C@H]1CCCO[C@@H]1CC1=CC[C@@H]2OCCC[C@H]2O1. The van der Waals surface area contributed by atoms with E-state index < -0.39 is 8.32 Å². The first-order valence-electron chi connectivity index (χ1n) is 10.0. The molecule has 144 valence electrons. The number of rotatable bonds is 4. The van der Waals surface area contributed by atoms with E-state index in [4.69, 9.17) is 18.6 Å². The first kappa shape index (κ1) is 19.4. The van der Waals surface area contributed by atoms with Gasteiger partial charge in [-0.05, 0) is 56.3 Å². The number of hydrogen-bond acceptors (Lipinski definition) is 4. The van der Waals surface area contributed by atoms with E-state index in [1.807, 2.05) is 0 Å². The molecule has 4 atom stereocenters. The van der Waals surface area contributed by atoms with Gasteiger partial charge in [0.25, 0.3) is 0 Å². The van der Waals surface area contributed by atoms with Crippen LogP contribution in [0.3, 0.4) is 0 Å². The van der Waals surface area contributed by atoms with Crippen LogP contribution in [0.15, 0.2) is 11.8 Å². The van der Waals surface area contributed by atoms with Gasteiger partial charge >= 0.3 is 0 Å². The Kier molecular flexibility index (Phi) is 5.98. The highest BCUT2D eigenvalue weighted by atomic mass is 28.4. The van der Waals surface area contributed by atoms with Gasteiger partial charge in [-0.2, -0.15) is 0 Å². The van der Waals surface area contributed by atoms with E-state index in [1.54, 1.807) is 0 Å². The minimum Gasteiger partial charge on any atom is -0.492 e. The maximum absolute atomic E-state index is 6.71. The molecule has 0 aromatic rings. The molecule has 0 spiro atoms. The Morgan fingerprint density at radius 3 is 2.56 bits per heavy atom. The molecule has 0 radical (unpaired) electrons. The summed E-state index contributed by atoms with van der Waals surface area (Å²) in [5.41, 5.74) is 0. The van der Waals surface area contributed by atoms with Gasteiger partial charge in [-0.1, -0.05) is 20.8 Å². The number of ether oxygens (including phenoxy) is 3. The van der Waals surface area contributed by atoms with Crippen molar-refractivity contribution in [3.63, 3.8) is 0 Å². The molecule has 0 N–H and O–H groups in total. The second-order valence-electron chi connectivity index (χ2n) is 9.29. The summed E-state index contributed by atoms with van der Waals surface area (Å²) in [5.74, 6) is 1.09. The van der Waals surface area contributed by atoms with Crippen molar-refractivity contribution in [2.45, 2.75) is 102 Å². The normalized spacial score (nSPS) is 34.0. The summed E-state index contributed by atoms with van der Waals surface area (Å²) >= 11 is 0. The largest absolute Gasteiger partial charge is 0.492 e. The lowest BCUT2D eigenvalue weighted by atomic mass is 9.97. The smallest absolute Gasteiger partial charge is 0.192 e. The van der Waals surface area contributed by atoms with E-state index in [9.17, 15) is 0 Å². The first-order valence-corrected chi connectivity index (χ1v) is 12.9. The summed E-state index contributed by atoms with van der Waals surface area (Å²) in [7, 11) is -1.79. The summed E-state index contributed by atoms with van der Waals surface area (Å²) < 4.78 is 24.9. The zero-order chi connectivity index (χ0) is 18.1. The quantitative estimate of drug-likeness (QED) is 0.668. The standard InChI is InChI=1S/C20H36O4Si/c1-20(2,3)25(4,5)24-18-9-7-13-22-19(18)14-15-10-11-16-17(23-15)8-6-12-21-16/h10,16-19H,6-9,11-14H2,1-5H3/t16-,17+,18-,19+/m0/s1. The van der Waals surface area contributed by atoms with Crippen molar-refractivity contribution in [2.75, 3.05) is 13.2 Å². The maximum atomic E-state index is 6.71. The lowest BCUT2D eigenvalue weighted by Gasteiger charge is -2.43. The van der Waals surface area contributed by atoms with Crippen LogP contribution in [0.25, 0.3) is 0 Å². The lowest BCUT2D eigenvalue weighted by Crippen LogP contribution is -2.49. The third-order valence-corrected chi connectivity index (χ3v) is 10.8. The predicted molar refractivity (Wildman–Crippen MR) is 102 cm³/mol. The van der Waals surface area contributed by atoms with Crippen molar-refractivity contribution < 1.29 is 18.6 Å². The highest BCUT2D eigenvalue weighted by molar-refractivity contribution is 6.74. The van der Waals surface area contributed by atoms with Crippen LogP contribution in [0.5, 0.6) is 0 Å². The monoisotopic (exact) mass is 368 g/mol. The summed E-state index contributed by atoms with van der Waals surface area (Å²) in [6.07, 6.45) is 9.23. The zero-order valence-corrected chi connectivity index (χ0v) is 17.7. The molecule has 0 aromatic heterocycles. The van der Waals surface area contributed by atoms with Crippen molar-refractivity contribution in [3.05, 3.63) is 11.8 Å². The molecule has 3 aliphatic heterocycles. The van der Waals surface area contributed by atoms with Crippen molar-refractivity contribution in [1.82, 2.24) is 0 Å². The Hall–Kier alpha value is -0.363. The molecular formula is C20H36O4Si. The highest BCUT2D eigenvalue weighted by Crippen LogP contribution is 2.40. The van der Waals surface area contributed by atoms with Crippen molar-refractivity contribution in [2.24, 2.45) is 0 Å². The second-order valence-corrected chi connectivity index (χ2v) is 14.0. The summed E-state index contributed by atoms with van der Waals surface area (Å²) in [5, 5.41) is 0.224. The molecule has 5 heteroatoms. The fraction of sp³-hybridized carbons (Fsp3) is 0.900. The molecule has 3 heterocycles. The highest BCUT2D eigenvalue weighted by Gasteiger charge is 2.42. The molecular weight excluding hydrogens is 332 g/mol. The molecule has 4 nitrogen and oxygen atoms in total. The van der Waals surface area contributed by atoms with Crippen LogP contribution in [0.4, 0.5) is 0 Å². The number of hydrogen-bond donors (Lipinski definition) is 0. The maximum Gasteiger partial charge on any atom is 0.192 e. The molecule has 3 rings (SSSR count). The Morgan fingerprint density at radius 1 is 1.08 bits per heavy atom. The summed E-state index contributed by atoms with van der Waals surface area (Å²) in [6, 6.07) is 0. The van der Waals surface area contributed by atoms with E-state index in [-0.39, 0.29) is 29.5 Å². The van der Waals surface area contributed by atoms with Crippen LogP contribution in [0, 0.1) is 0 Å². The van der Waals surface area contributed by atoms with Gasteiger partial charge in [0, 0.05) is 19.6 Å². The van der Waals surface area contributed by atoms with Gasteiger partial charge < -0.3 is 18.6 Å². The zero-order valence-electron chi connectivity index (χ0n) is 16.7. The Labute approximate surface area is 154 Å². The lowest BCUT2D eigenvalue weighted by molar-refractivity contribution is -0.109. The first-order chi connectivity index (χ1) is 11.8. The van der Waals surface area contributed by atoms with E-state index in [1.165, 1.54) is 0 Å². The Bertz CT molecular complexity index is 483. The third kappa shape index (κ3) is 4.68. The van der Waals surface area contributed by atoms with Crippen LogP contribution in [0.1, 0.15) is 59.3 Å². The van der Waals surface area contributed by atoms with Crippen LogP contribution in [-0.4, -0.2) is 45.9 Å². The molecule has 2 saturated heterocycles. The summed E-state index contributed by atoms with van der Waals surface area (Å²) in [6.45, 7) is 13.3. The average molecular weight is 369 g/mol. The molecule has 0 amide bonds. The minimum absolute atomic E-state index is 0.121. The fourth-order valence-electron chi connectivity index (χ4n) is 3.68. The van der Waals surface area contributed by atoms with Gasteiger partial charge in [-0.25, -0.2) is 0 Å². The van der Waals surface area contributed by atoms with E-state index in [0.29, 0.717) is 0 Å². The van der Waals surface area contributed by atoms with Gasteiger partial charge in [0.2, 0.25) is 0 Å². The fourth-order valence-corrected chi connectivity index (χ4v) is 5.06. The average Bonchev–Trinajstić information content (AvgIpc) is 2.55. The predicted octanol–water partition coefficient (Wildman–Crippen LogP) is 4.80. The molecule has 0 bridgehead atoms. The van der Waals surface area contributed by atoms with E-state index >= 15 is 0 Å². The van der Waals surface area contributed by atoms with E-state index in [2.05, 4.69) is 39.9 Å². The van der Waals surface area contributed by atoms with Gasteiger partial charge in [0.15, 0.2) is 8.32 Å². The second kappa shape index (κ2) is 7.71. The van der Waals surface area contributed by atoms with Crippen LogP contribution in [0.2, 0.25) is 18.1 Å². The van der Waals surface area contributed by atoms with Crippen molar-refractivity contribution in [1.29, 1.82) is 0 Å². The van der Waals surface area contributed by atoms with Gasteiger partial charge in [-0.15, -0.1) is 0 Å². The summed E-state index contributed by atoms with van der Waals surface area (Å²) in [4.78, 5) is 0. The van der Waals surface area contributed by atoms with E-state index in [0.717, 1.165) is 57.5 Å². The molecule has 0 saturated carbocycles. The molecule has 25 heavy (non-hydrogen) atoms. The molecule has 0 aliphatic carbocycles. The molecule has 3 aliphatic rings. The van der Waals surface area contributed by atoms with Crippen molar-refractivity contribution in [3.8, 4) is 0 Å². The molecule has 0 aromatic carbocycles. The van der Waals surface area contributed by atoms with Crippen molar-refractivity contribution >= 4 is 8.32 Å². The van der Waals surface area contributed by atoms with Gasteiger partial charge in [0.1, 0.15) is 6.10 Å². The minimum atomic E-state index is -1.79. The number of fused-ring (bicyclic) bond motifs is 1. The molecule has 0 unspecified atom stereocenters. The van der Waals surface area contributed by atoms with Crippen LogP contribution < -0.4 is 0 Å².